The van der Waals surface area contributed by atoms with Crippen LogP contribution in [0.4, 0.5) is 19.0 Å². The fourth-order valence-electron chi connectivity index (χ4n) is 3.57. The SMILES string of the molecule is Cc1ccc(O)c(C)c1-n1c(N)c(C(N)=O)c2nc(-c3cc(C(F)(F)F)ccn3)cnc21. The van der Waals surface area contributed by atoms with Crippen molar-refractivity contribution in [1.29, 1.82) is 0 Å². The molecule has 3 aromatic heterocycles. The number of nitrogens with two attached hydrogens (primary N) is 2. The Bertz CT molecular complexity index is 1390. The number of carbonyl (C=O) groups excluding carboxylic acids is 1. The van der Waals surface area contributed by atoms with Crippen molar-refractivity contribution in [2.75, 3.05) is 5.73 Å². The number of aryl methyl sites for hydroxylation is 1. The van der Waals surface area contributed by atoms with Gasteiger partial charge in [-0.05, 0) is 37.6 Å². The van der Waals surface area contributed by atoms with Crippen LogP contribution in [-0.4, -0.2) is 30.5 Å². The third-order valence-electron chi connectivity index (χ3n) is 5.12. The van der Waals surface area contributed by atoms with Gasteiger partial charge in [0.1, 0.15) is 28.3 Å². The van der Waals surface area contributed by atoms with Crippen LogP contribution in [0, 0.1) is 13.8 Å². The number of alkyl halides is 3. The molecule has 1 amide bonds. The van der Waals surface area contributed by atoms with E-state index in [9.17, 15) is 23.1 Å². The topological polar surface area (TPSA) is 133 Å². The van der Waals surface area contributed by atoms with Gasteiger partial charge in [-0.2, -0.15) is 13.2 Å². The molecule has 11 heteroatoms. The molecule has 32 heavy (non-hydrogen) atoms. The molecular weight excluding hydrogens is 425 g/mol. The molecule has 164 valence electrons. The van der Waals surface area contributed by atoms with Gasteiger partial charge in [-0.15, -0.1) is 0 Å². The highest BCUT2D eigenvalue weighted by atomic mass is 19.4. The molecule has 4 aromatic rings. The number of carbonyl (C=O) groups is 1. The Kier molecular flexibility index (Phi) is 4.76. The first-order valence-electron chi connectivity index (χ1n) is 9.30. The lowest BCUT2D eigenvalue weighted by molar-refractivity contribution is -0.137. The zero-order valence-corrected chi connectivity index (χ0v) is 16.9. The molecule has 0 saturated heterocycles. The summed E-state index contributed by atoms with van der Waals surface area (Å²) < 4.78 is 40.7. The number of halogens is 3. The summed E-state index contributed by atoms with van der Waals surface area (Å²) >= 11 is 0. The molecule has 4 rings (SSSR count). The van der Waals surface area contributed by atoms with Crippen molar-refractivity contribution in [3.05, 3.63) is 58.9 Å². The molecule has 0 atom stereocenters. The lowest BCUT2D eigenvalue weighted by Gasteiger charge is -2.15. The Morgan fingerprint density at radius 3 is 2.50 bits per heavy atom. The number of anilines is 1. The molecule has 1 aromatic carbocycles. The number of phenols is 1. The first-order valence-corrected chi connectivity index (χ1v) is 9.30. The monoisotopic (exact) mass is 442 g/mol. The first kappa shape index (κ1) is 21.1. The molecule has 0 aliphatic heterocycles. The summed E-state index contributed by atoms with van der Waals surface area (Å²) in [6, 6.07) is 4.87. The van der Waals surface area contributed by atoms with E-state index in [4.69, 9.17) is 11.5 Å². The Morgan fingerprint density at radius 2 is 1.84 bits per heavy atom. The zero-order valence-electron chi connectivity index (χ0n) is 16.9. The number of rotatable bonds is 3. The van der Waals surface area contributed by atoms with Crippen molar-refractivity contribution in [1.82, 2.24) is 19.5 Å². The van der Waals surface area contributed by atoms with Gasteiger partial charge in [0.2, 0.25) is 0 Å². The van der Waals surface area contributed by atoms with Gasteiger partial charge in [-0.3, -0.25) is 14.3 Å². The summed E-state index contributed by atoms with van der Waals surface area (Å²) in [4.78, 5) is 24.8. The van der Waals surface area contributed by atoms with Crippen molar-refractivity contribution in [2.24, 2.45) is 5.73 Å². The minimum atomic E-state index is -4.56. The number of nitrogens with zero attached hydrogens (tertiary/aromatic N) is 4. The van der Waals surface area contributed by atoms with Gasteiger partial charge in [-0.1, -0.05) is 6.07 Å². The second kappa shape index (κ2) is 7.22. The Labute approximate surface area is 179 Å². The van der Waals surface area contributed by atoms with Crippen molar-refractivity contribution in [3.8, 4) is 22.8 Å². The third kappa shape index (κ3) is 3.27. The molecule has 0 spiro atoms. The van der Waals surface area contributed by atoms with E-state index in [0.717, 1.165) is 23.9 Å². The fraction of sp³-hybridized carbons (Fsp3) is 0.143. The molecule has 0 aliphatic carbocycles. The van der Waals surface area contributed by atoms with Crippen LogP contribution < -0.4 is 11.5 Å². The number of aromatic nitrogens is 4. The quantitative estimate of drug-likeness (QED) is 0.445. The number of pyridine rings is 1. The second-order valence-electron chi connectivity index (χ2n) is 7.19. The van der Waals surface area contributed by atoms with Crippen LogP contribution in [0.3, 0.4) is 0 Å². The molecule has 8 nitrogen and oxygen atoms in total. The van der Waals surface area contributed by atoms with Crippen molar-refractivity contribution in [3.63, 3.8) is 0 Å². The van der Waals surface area contributed by atoms with Gasteiger partial charge in [0.25, 0.3) is 5.91 Å². The number of hydrogen-bond acceptors (Lipinski definition) is 6. The number of aromatic hydroxyl groups is 1. The van der Waals surface area contributed by atoms with Gasteiger partial charge < -0.3 is 16.6 Å². The van der Waals surface area contributed by atoms with E-state index >= 15 is 0 Å². The molecule has 0 radical (unpaired) electrons. The minimum absolute atomic E-state index is 0.00483. The molecule has 0 fully saturated rings. The number of phenolic OH excluding ortho intramolecular Hbond substituents is 1. The molecule has 5 N–H and O–H groups in total. The molecule has 0 aliphatic rings. The molecular formula is C21H17F3N6O2. The summed E-state index contributed by atoms with van der Waals surface area (Å²) in [5.74, 6) is -0.936. The normalized spacial score (nSPS) is 11.8. The van der Waals surface area contributed by atoms with Crippen LogP contribution >= 0.6 is 0 Å². The Morgan fingerprint density at radius 1 is 1.12 bits per heavy atom. The molecule has 0 bridgehead atoms. The average molecular weight is 442 g/mol. The molecule has 0 unspecified atom stereocenters. The van der Waals surface area contributed by atoms with Crippen molar-refractivity contribution < 1.29 is 23.1 Å². The van der Waals surface area contributed by atoms with Gasteiger partial charge in [-0.25, -0.2) is 9.97 Å². The van der Waals surface area contributed by atoms with E-state index in [1.165, 1.54) is 16.8 Å². The van der Waals surface area contributed by atoms with E-state index in [-0.39, 0.29) is 39.7 Å². The summed E-state index contributed by atoms with van der Waals surface area (Å²) in [5, 5.41) is 10.2. The van der Waals surface area contributed by atoms with Crippen LogP contribution in [0.15, 0.2) is 36.7 Å². The number of amides is 1. The van der Waals surface area contributed by atoms with E-state index < -0.39 is 17.6 Å². The Balaban J connectivity index is 2.02. The lowest BCUT2D eigenvalue weighted by atomic mass is 10.1. The smallest absolute Gasteiger partial charge is 0.416 e. The van der Waals surface area contributed by atoms with Crippen molar-refractivity contribution in [2.45, 2.75) is 20.0 Å². The highest BCUT2D eigenvalue weighted by Crippen LogP contribution is 2.36. The summed E-state index contributed by atoms with van der Waals surface area (Å²) in [5.41, 5.74) is 12.5. The number of nitrogen functional groups attached to an aromatic ring is 1. The van der Waals surface area contributed by atoms with Crippen molar-refractivity contribution >= 4 is 22.9 Å². The second-order valence-corrected chi connectivity index (χ2v) is 7.19. The van der Waals surface area contributed by atoms with Crippen LogP contribution in [0.1, 0.15) is 27.0 Å². The maximum Gasteiger partial charge on any atom is 0.416 e. The fourth-order valence-corrected chi connectivity index (χ4v) is 3.57. The molecule has 3 heterocycles. The van der Waals surface area contributed by atoms with Crippen LogP contribution in [0.5, 0.6) is 5.75 Å². The summed E-state index contributed by atoms with van der Waals surface area (Å²) in [6.07, 6.45) is -2.32. The number of benzene rings is 1. The minimum Gasteiger partial charge on any atom is -0.508 e. The predicted molar refractivity (Wildman–Crippen MR) is 111 cm³/mol. The first-order chi connectivity index (χ1) is 15.0. The van der Waals surface area contributed by atoms with Crippen LogP contribution in [0.25, 0.3) is 28.2 Å². The highest BCUT2D eigenvalue weighted by molar-refractivity contribution is 6.09. The number of fused-ring (bicyclic) bond motifs is 1. The standard InChI is InChI=1S/C21H17F3N6O2/c1-9-3-4-14(31)10(2)17(9)30-18(25)15(19(26)32)16-20(30)28-8-13(29-16)12-7-11(5-6-27-12)21(22,23)24/h3-8,31H,25H2,1-2H3,(H2,26,32). The van der Waals surface area contributed by atoms with Gasteiger partial charge in [0.05, 0.1) is 23.1 Å². The Hall–Kier alpha value is -4.15. The zero-order chi connectivity index (χ0) is 23.4. The third-order valence-corrected chi connectivity index (χ3v) is 5.12. The summed E-state index contributed by atoms with van der Waals surface area (Å²) in [7, 11) is 0. The maximum atomic E-state index is 13.1. The van der Waals surface area contributed by atoms with Gasteiger partial charge in [0.15, 0.2) is 5.65 Å². The number of primary amides is 1. The van der Waals surface area contributed by atoms with E-state index in [2.05, 4.69) is 15.0 Å². The van der Waals surface area contributed by atoms with Gasteiger partial charge >= 0.3 is 6.18 Å². The average Bonchev–Trinajstić information content (AvgIpc) is 3.02. The maximum absolute atomic E-state index is 13.1. The highest BCUT2D eigenvalue weighted by Gasteiger charge is 2.31. The molecule has 0 saturated carbocycles. The number of hydrogen-bond donors (Lipinski definition) is 3. The van der Waals surface area contributed by atoms with Gasteiger partial charge in [0, 0.05) is 11.8 Å². The van der Waals surface area contributed by atoms with Crippen LogP contribution in [-0.2, 0) is 6.18 Å². The lowest BCUT2D eigenvalue weighted by Crippen LogP contribution is -2.14. The van der Waals surface area contributed by atoms with Crippen LogP contribution in [0.2, 0.25) is 0 Å². The van der Waals surface area contributed by atoms with E-state index in [0.29, 0.717) is 11.3 Å². The van der Waals surface area contributed by atoms with E-state index in [1.807, 2.05) is 0 Å². The summed E-state index contributed by atoms with van der Waals surface area (Å²) in [6.45, 7) is 3.45. The predicted octanol–water partition coefficient (Wildman–Crippen LogP) is 3.50. The largest absolute Gasteiger partial charge is 0.508 e. The van der Waals surface area contributed by atoms with E-state index in [1.54, 1.807) is 19.9 Å².